The molecule has 0 aliphatic heterocycles. The lowest BCUT2D eigenvalue weighted by Crippen LogP contribution is -2.37. The summed E-state index contributed by atoms with van der Waals surface area (Å²) < 4.78 is 0. The summed E-state index contributed by atoms with van der Waals surface area (Å²) in [7, 11) is 3.54. The maximum atomic E-state index is 11.4. The molecule has 0 aliphatic rings. The molecule has 0 aromatic heterocycles. The van der Waals surface area contributed by atoms with Crippen molar-refractivity contribution in [2.75, 3.05) is 19.8 Å². The Balaban J connectivity index is 2.61. The third kappa shape index (κ3) is 3.06. The van der Waals surface area contributed by atoms with Crippen LogP contribution in [0.5, 0.6) is 0 Å². The van der Waals surface area contributed by atoms with Crippen molar-refractivity contribution in [1.82, 2.24) is 10.4 Å². The van der Waals surface area contributed by atoms with E-state index in [1.165, 1.54) is 0 Å². The van der Waals surface area contributed by atoms with Crippen molar-refractivity contribution in [2.45, 2.75) is 6.42 Å². The molecule has 0 radical (unpaired) electrons. The maximum absolute atomic E-state index is 11.4. The van der Waals surface area contributed by atoms with Crippen molar-refractivity contribution in [2.24, 2.45) is 0 Å². The predicted molar refractivity (Wildman–Crippen MR) is 56.4 cm³/mol. The van der Waals surface area contributed by atoms with Crippen molar-refractivity contribution in [3.63, 3.8) is 0 Å². The molecule has 0 fully saturated rings. The summed E-state index contributed by atoms with van der Waals surface area (Å²) in [6, 6.07) is 7.36. The molecule has 0 atom stereocenters. The molecule has 4 heteroatoms. The van der Waals surface area contributed by atoms with Crippen LogP contribution < -0.4 is 11.2 Å². The molecule has 1 rings (SSSR count). The van der Waals surface area contributed by atoms with Crippen molar-refractivity contribution in [1.29, 1.82) is 0 Å². The number of nitrogens with zero attached hydrogens (tertiary/aromatic N) is 1. The minimum atomic E-state index is -0.0621. The summed E-state index contributed by atoms with van der Waals surface area (Å²) >= 11 is 0. The summed E-state index contributed by atoms with van der Waals surface area (Å²) in [4.78, 5) is 11.4. The number of hydrazine groups is 1. The van der Waals surface area contributed by atoms with Crippen LogP contribution in [0.4, 0.5) is 5.69 Å². The highest BCUT2D eigenvalue weighted by Gasteiger charge is 2.05. The van der Waals surface area contributed by atoms with Gasteiger partial charge in [0.1, 0.15) is 0 Å². The Morgan fingerprint density at radius 2 is 2.07 bits per heavy atom. The molecule has 0 heterocycles. The first-order valence-electron chi connectivity index (χ1n) is 4.40. The molecular weight excluding hydrogens is 178 g/mol. The molecule has 0 aliphatic carbocycles. The fraction of sp³-hybridized carbons (Fsp3) is 0.300. The molecule has 3 N–H and O–H groups in total. The second-order valence-corrected chi connectivity index (χ2v) is 3.30. The van der Waals surface area contributed by atoms with Crippen molar-refractivity contribution < 1.29 is 4.79 Å². The number of nitrogens with one attached hydrogen (secondary N) is 1. The Bertz CT molecular complexity index is 323. The van der Waals surface area contributed by atoms with Gasteiger partial charge in [-0.05, 0) is 11.6 Å². The van der Waals surface area contributed by atoms with E-state index in [1.54, 1.807) is 25.2 Å². The lowest BCUT2D eigenvalue weighted by Gasteiger charge is -2.12. The summed E-state index contributed by atoms with van der Waals surface area (Å²) in [5.74, 6) is -0.0621. The standard InChI is InChI=1S/C10H15N3O/c1-13(2)12-10(14)7-8-5-3-4-6-9(8)11/h3-6H,7,11H2,1-2H3,(H,12,14). The summed E-state index contributed by atoms with van der Waals surface area (Å²) in [5.41, 5.74) is 9.87. The molecule has 1 aromatic carbocycles. The predicted octanol–water partition coefficient (Wildman–Crippen LogP) is 0.404. The first-order chi connectivity index (χ1) is 6.59. The molecule has 0 unspecified atom stereocenters. The zero-order chi connectivity index (χ0) is 10.6. The van der Waals surface area contributed by atoms with E-state index in [1.807, 2.05) is 18.2 Å². The molecule has 76 valence electrons. The van der Waals surface area contributed by atoms with E-state index >= 15 is 0 Å². The second-order valence-electron chi connectivity index (χ2n) is 3.30. The molecule has 4 nitrogen and oxygen atoms in total. The first-order valence-corrected chi connectivity index (χ1v) is 4.40. The van der Waals surface area contributed by atoms with Gasteiger partial charge in [0.05, 0.1) is 6.42 Å². The molecule has 0 bridgehead atoms. The molecule has 14 heavy (non-hydrogen) atoms. The number of benzene rings is 1. The van der Waals surface area contributed by atoms with Gasteiger partial charge in [0, 0.05) is 19.8 Å². The number of para-hydroxylation sites is 1. The fourth-order valence-electron chi connectivity index (χ4n) is 1.16. The maximum Gasteiger partial charge on any atom is 0.238 e. The minimum absolute atomic E-state index is 0.0621. The fourth-order valence-corrected chi connectivity index (χ4v) is 1.16. The number of nitrogen functional groups attached to an aromatic ring is 1. The van der Waals surface area contributed by atoms with Gasteiger partial charge in [-0.2, -0.15) is 0 Å². The molecule has 0 saturated heterocycles. The molecule has 1 amide bonds. The lowest BCUT2D eigenvalue weighted by atomic mass is 10.1. The van der Waals surface area contributed by atoms with Gasteiger partial charge >= 0.3 is 0 Å². The Morgan fingerprint density at radius 1 is 1.43 bits per heavy atom. The van der Waals surface area contributed by atoms with E-state index < -0.39 is 0 Å². The summed E-state index contributed by atoms with van der Waals surface area (Å²) in [6.07, 6.45) is 0.310. The smallest absolute Gasteiger partial charge is 0.238 e. The number of carbonyl (C=O) groups excluding carboxylic acids is 1. The van der Waals surface area contributed by atoms with Crippen molar-refractivity contribution in [3.05, 3.63) is 29.8 Å². The third-order valence-electron chi connectivity index (χ3n) is 1.75. The van der Waals surface area contributed by atoms with Gasteiger partial charge in [0.2, 0.25) is 5.91 Å². The highest BCUT2D eigenvalue weighted by molar-refractivity contribution is 5.79. The normalized spacial score (nSPS) is 10.2. The third-order valence-corrected chi connectivity index (χ3v) is 1.75. The van der Waals surface area contributed by atoms with E-state index in [-0.39, 0.29) is 5.91 Å². The average molecular weight is 193 g/mol. The van der Waals surface area contributed by atoms with Crippen LogP contribution in [0.3, 0.4) is 0 Å². The molecular formula is C10H15N3O. The van der Waals surface area contributed by atoms with E-state index in [4.69, 9.17) is 5.73 Å². The Hall–Kier alpha value is -1.55. The minimum Gasteiger partial charge on any atom is -0.398 e. The number of hydrogen-bond donors (Lipinski definition) is 2. The quantitative estimate of drug-likeness (QED) is 0.540. The highest BCUT2D eigenvalue weighted by Crippen LogP contribution is 2.10. The van der Waals surface area contributed by atoms with Crippen molar-refractivity contribution >= 4 is 11.6 Å². The van der Waals surface area contributed by atoms with Gasteiger partial charge in [-0.3, -0.25) is 10.2 Å². The van der Waals surface area contributed by atoms with Crippen LogP contribution in [-0.4, -0.2) is 25.0 Å². The first kappa shape index (κ1) is 10.5. The van der Waals surface area contributed by atoms with E-state index in [9.17, 15) is 4.79 Å². The highest BCUT2D eigenvalue weighted by atomic mass is 16.2. The van der Waals surface area contributed by atoms with Gasteiger partial charge in [0.15, 0.2) is 0 Å². The van der Waals surface area contributed by atoms with Crippen LogP contribution in [0.1, 0.15) is 5.56 Å². The van der Waals surface area contributed by atoms with E-state index in [0.29, 0.717) is 12.1 Å². The van der Waals surface area contributed by atoms with Crippen LogP contribution >= 0.6 is 0 Å². The second kappa shape index (κ2) is 4.62. The summed E-state index contributed by atoms with van der Waals surface area (Å²) in [6.45, 7) is 0. The lowest BCUT2D eigenvalue weighted by molar-refractivity contribution is -0.124. The zero-order valence-electron chi connectivity index (χ0n) is 8.45. The molecule has 1 aromatic rings. The number of nitrogens with two attached hydrogens (primary N) is 1. The Kier molecular flexibility index (Phi) is 3.48. The number of carbonyl (C=O) groups is 1. The van der Waals surface area contributed by atoms with Crippen LogP contribution in [0.2, 0.25) is 0 Å². The Morgan fingerprint density at radius 3 is 2.64 bits per heavy atom. The van der Waals surface area contributed by atoms with Crippen LogP contribution in [0.15, 0.2) is 24.3 Å². The van der Waals surface area contributed by atoms with Crippen LogP contribution in [-0.2, 0) is 11.2 Å². The largest absolute Gasteiger partial charge is 0.398 e. The van der Waals surface area contributed by atoms with Gasteiger partial charge in [-0.25, -0.2) is 5.01 Å². The molecule has 0 saturated carbocycles. The van der Waals surface area contributed by atoms with Gasteiger partial charge in [0.25, 0.3) is 0 Å². The van der Waals surface area contributed by atoms with E-state index in [2.05, 4.69) is 5.43 Å². The Labute approximate surface area is 83.7 Å². The topological polar surface area (TPSA) is 58.4 Å². The van der Waals surface area contributed by atoms with Gasteiger partial charge < -0.3 is 5.73 Å². The van der Waals surface area contributed by atoms with Crippen molar-refractivity contribution in [3.8, 4) is 0 Å². The van der Waals surface area contributed by atoms with Gasteiger partial charge in [-0.1, -0.05) is 18.2 Å². The monoisotopic (exact) mass is 193 g/mol. The van der Waals surface area contributed by atoms with Gasteiger partial charge in [-0.15, -0.1) is 0 Å². The average Bonchev–Trinajstić information content (AvgIpc) is 2.07. The SMILES string of the molecule is CN(C)NC(=O)Cc1ccccc1N. The number of amides is 1. The summed E-state index contributed by atoms with van der Waals surface area (Å²) in [5, 5.41) is 1.61. The number of rotatable bonds is 3. The number of hydrogen-bond acceptors (Lipinski definition) is 3. The zero-order valence-corrected chi connectivity index (χ0v) is 8.45. The van der Waals surface area contributed by atoms with Crippen LogP contribution in [0.25, 0.3) is 0 Å². The van der Waals surface area contributed by atoms with E-state index in [0.717, 1.165) is 5.56 Å². The van der Waals surface area contributed by atoms with Crippen LogP contribution in [0, 0.1) is 0 Å². The number of anilines is 1. The molecule has 0 spiro atoms.